The standard InChI is InChI=1S/C21H13ClN2O6S/c22-13-10-11-17(18(12-13)23-31(28,29)14-6-2-1-3-7-14)21(27)30-24-19(25)15-8-4-5-9-16(15)20(24)26/h1-12,23H. The monoisotopic (exact) mass is 456 g/mol. The zero-order valence-corrected chi connectivity index (χ0v) is 17.2. The van der Waals surface area contributed by atoms with Gasteiger partial charge in [-0.2, -0.15) is 0 Å². The second-order valence-corrected chi connectivity index (χ2v) is 8.56. The molecule has 4 rings (SSSR count). The number of sulfonamides is 1. The van der Waals surface area contributed by atoms with E-state index in [9.17, 15) is 22.8 Å². The van der Waals surface area contributed by atoms with Crippen molar-refractivity contribution in [2.75, 3.05) is 4.72 Å². The van der Waals surface area contributed by atoms with E-state index in [1.165, 1.54) is 42.5 Å². The molecule has 0 saturated carbocycles. The van der Waals surface area contributed by atoms with E-state index in [4.69, 9.17) is 16.4 Å². The van der Waals surface area contributed by atoms with Crippen LogP contribution in [0.2, 0.25) is 5.02 Å². The summed E-state index contributed by atoms with van der Waals surface area (Å²) in [4.78, 5) is 42.6. The summed E-state index contributed by atoms with van der Waals surface area (Å²) in [7, 11) is -4.04. The zero-order valence-electron chi connectivity index (χ0n) is 15.6. The molecule has 1 N–H and O–H groups in total. The van der Waals surface area contributed by atoms with Crippen molar-refractivity contribution < 1.29 is 27.6 Å². The molecule has 3 aromatic rings. The average molecular weight is 457 g/mol. The predicted octanol–water partition coefficient (Wildman–Crippen LogP) is 3.51. The van der Waals surface area contributed by atoms with Crippen LogP contribution in [0.4, 0.5) is 5.69 Å². The zero-order chi connectivity index (χ0) is 22.2. The smallest absolute Gasteiger partial charge is 0.324 e. The van der Waals surface area contributed by atoms with Gasteiger partial charge in [0.25, 0.3) is 21.8 Å². The number of carbonyl (C=O) groups excluding carboxylic acids is 3. The molecule has 2 amide bonds. The van der Waals surface area contributed by atoms with Gasteiger partial charge in [-0.3, -0.25) is 14.3 Å². The molecule has 0 aliphatic carbocycles. The first kappa shape index (κ1) is 20.6. The minimum atomic E-state index is -4.04. The van der Waals surface area contributed by atoms with Gasteiger partial charge in [-0.25, -0.2) is 13.2 Å². The quantitative estimate of drug-likeness (QED) is 0.588. The predicted molar refractivity (Wildman–Crippen MR) is 111 cm³/mol. The topological polar surface area (TPSA) is 110 Å². The van der Waals surface area contributed by atoms with E-state index >= 15 is 0 Å². The molecule has 0 radical (unpaired) electrons. The first-order valence-corrected chi connectivity index (χ1v) is 10.7. The van der Waals surface area contributed by atoms with Crippen molar-refractivity contribution >= 4 is 45.1 Å². The fraction of sp³-hybridized carbons (Fsp3) is 0. The van der Waals surface area contributed by atoms with Crippen molar-refractivity contribution in [2.24, 2.45) is 0 Å². The van der Waals surface area contributed by atoms with Gasteiger partial charge < -0.3 is 4.84 Å². The summed E-state index contributed by atoms with van der Waals surface area (Å²) < 4.78 is 27.6. The minimum Gasteiger partial charge on any atom is -0.324 e. The van der Waals surface area contributed by atoms with E-state index in [2.05, 4.69) is 4.72 Å². The Hall–Kier alpha value is -3.69. The molecule has 0 bridgehead atoms. The van der Waals surface area contributed by atoms with E-state index < -0.39 is 27.8 Å². The van der Waals surface area contributed by atoms with Crippen molar-refractivity contribution in [3.8, 4) is 0 Å². The Morgan fingerprint density at radius 2 is 1.45 bits per heavy atom. The van der Waals surface area contributed by atoms with E-state index in [1.807, 2.05) is 0 Å². The lowest BCUT2D eigenvalue weighted by atomic mass is 10.1. The molecule has 8 nitrogen and oxygen atoms in total. The third-order valence-corrected chi connectivity index (χ3v) is 6.05. The SMILES string of the molecule is O=C(ON1C(=O)c2ccccc2C1=O)c1ccc(Cl)cc1NS(=O)(=O)c1ccccc1. The van der Waals surface area contributed by atoms with Crippen molar-refractivity contribution in [2.45, 2.75) is 4.90 Å². The molecule has 1 heterocycles. The number of hydroxylamine groups is 2. The fourth-order valence-corrected chi connectivity index (χ4v) is 4.23. The number of fused-ring (bicyclic) bond motifs is 1. The van der Waals surface area contributed by atoms with Crippen LogP contribution in [0.15, 0.2) is 77.7 Å². The Bertz CT molecular complexity index is 1290. The van der Waals surface area contributed by atoms with Gasteiger partial charge in [0.05, 0.1) is 27.3 Å². The van der Waals surface area contributed by atoms with Gasteiger partial charge in [-0.05, 0) is 42.5 Å². The van der Waals surface area contributed by atoms with Crippen LogP contribution in [0.25, 0.3) is 0 Å². The number of hydrogen-bond donors (Lipinski definition) is 1. The van der Waals surface area contributed by atoms with Crippen LogP contribution in [-0.4, -0.2) is 31.3 Å². The molecule has 0 spiro atoms. The largest absolute Gasteiger partial charge is 0.366 e. The maximum Gasteiger partial charge on any atom is 0.366 e. The molecule has 0 atom stereocenters. The van der Waals surface area contributed by atoms with Crippen LogP contribution in [0.5, 0.6) is 0 Å². The van der Waals surface area contributed by atoms with Crippen molar-refractivity contribution in [1.29, 1.82) is 0 Å². The molecule has 0 saturated heterocycles. The Morgan fingerprint density at radius 3 is 2.06 bits per heavy atom. The van der Waals surface area contributed by atoms with Gasteiger partial charge in [-0.1, -0.05) is 47.0 Å². The molecule has 156 valence electrons. The molecular weight excluding hydrogens is 444 g/mol. The fourth-order valence-electron chi connectivity index (χ4n) is 2.96. The van der Waals surface area contributed by atoms with Crippen LogP contribution >= 0.6 is 11.6 Å². The summed E-state index contributed by atoms with van der Waals surface area (Å²) >= 11 is 5.97. The molecule has 3 aromatic carbocycles. The number of benzene rings is 3. The molecule has 0 unspecified atom stereocenters. The summed E-state index contributed by atoms with van der Waals surface area (Å²) in [5.41, 5.74) is -0.207. The lowest BCUT2D eigenvalue weighted by molar-refractivity contribution is -0.0583. The summed E-state index contributed by atoms with van der Waals surface area (Å²) in [6.07, 6.45) is 0. The molecule has 1 aliphatic heterocycles. The van der Waals surface area contributed by atoms with Gasteiger partial charge in [0, 0.05) is 5.02 Å². The molecule has 31 heavy (non-hydrogen) atoms. The number of nitrogens with zero attached hydrogens (tertiary/aromatic N) is 1. The van der Waals surface area contributed by atoms with Gasteiger partial charge in [0.2, 0.25) is 0 Å². The van der Waals surface area contributed by atoms with Crippen LogP contribution in [0, 0.1) is 0 Å². The highest BCUT2D eigenvalue weighted by Gasteiger charge is 2.39. The third kappa shape index (κ3) is 3.88. The number of halogens is 1. The molecule has 10 heteroatoms. The maximum atomic E-state index is 12.8. The lowest BCUT2D eigenvalue weighted by Crippen LogP contribution is -2.33. The third-order valence-electron chi connectivity index (χ3n) is 4.43. The highest BCUT2D eigenvalue weighted by molar-refractivity contribution is 7.92. The van der Waals surface area contributed by atoms with E-state index in [0.717, 1.165) is 0 Å². The first-order chi connectivity index (χ1) is 14.8. The van der Waals surface area contributed by atoms with Crippen molar-refractivity contribution in [3.63, 3.8) is 0 Å². The normalized spacial score (nSPS) is 13.1. The summed E-state index contributed by atoms with van der Waals surface area (Å²) in [6.45, 7) is 0. The van der Waals surface area contributed by atoms with Gasteiger partial charge >= 0.3 is 5.97 Å². The van der Waals surface area contributed by atoms with Crippen LogP contribution in [0.1, 0.15) is 31.1 Å². The summed E-state index contributed by atoms with van der Waals surface area (Å²) in [5.74, 6) is -2.71. The number of imide groups is 1. The number of nitrogens with one attached hydrogen (secondary N) is 1. The van der Waals surface area contributed by atoms with E-state index in [1.54, 1.807) is 30.3 Å². The Labute approximate surface area is 182 Å². The molecule has 0 aromatic heterocycles. The molecule has 1 aliphatic rings. The highest BCUT2D eigenvalue weighted by atomic mass is 35.5. The number of hydrogen-bond acceptors (Lipinski definition) is 6. The summed E-state index contributed by atoms with van der Waals surface area (Å²) in [5, 5.41) is 0.500. The number of anilines is 1. The first-order valence-electron chi connectivity index (χ1n) is 8.85. The van der Waals surface area contributed by atoms with Gasteiger partial charge in [0.1, 0.15) is 0 Å². The lowest BCUT2D eigenvalue weighted by Gasteiger charge is -2.16. The Balaban J connectivity index is 1.63. The Morgan fingerprint density at radius 1 is 0.871 bits per heavy atom. The Kier molecular flexibility index (Phi) is 5.22. The summed E-state index contributed by atoms with van der Waals surface area (Å²) in [6, 6.07) is 17.3. The van der Waals surface area contributed by atoms with Gasteiger partial charge in [-0.15, -0.1) is 0 Å². The van der Waals surface area contributed by atoms with Crippen LogP contribution in [-0.2, 0) is 14.9 Å². The molecular formula is C21H13ClN2O6S. The van der Waals surface area contributed by atoms with Crippen LogP contribution in [0.3, 0.4) is 0 Å². The number of carbonyl (C=O) groups is 3. The second kappa shape index (κ2) is 7.86. The minimum absolute atomic E-state index is 0.0327. The average Bonchev–Trinajstić information content (AvgIpc) is 2.99. The molecule has 0 fully saturated rings. The van der Waals surface area contributed by atoms with E-state index in [0.29, 0.717) is 5.06 Å². The van der Waals surface area contributed by atoms with Gasteiger partial charge in [0.15, 0.2) is 0 Å². The van der Waals surface area contributed by atoms with Crippen molar-refractivity contribution in [1.82, 2.24) is 5.06 Å². The highest BCUT2D eigenvalue weighted by Crippen LogP contribution is 2.27. The second-order valence-electron chi connectivity index (χ2n) is 6.44. The van der Waals surface area contributed by atoms with E-state index in [-0.39, 0.29) is 32.3 Å². The number of rotatable bonds is 5. The van der Waals surface area contributed by atoms with Crippen molar-refractivity contribution in [3.05, 3.63) is 94.5 Å². The number of amides is 2. The van der Waals surface area contributed by atoms with Crippen LogP contribution < -0.4 is 4.72 Å². The maximum absolute atomic E-state index is 12.8.